The molecular weight excluding hydrogens is 368 g/mol. The summed E-state index contributed by atoms with van der Waals surface area (Å²) in [4.78, 5) is 19.1. The number of imidazole rings is 1. The molecule has 6 heteroatoms. The molecule has 1 aliphatic rings. The SMILES string of the molecule is CC1CN(Cc2cnc3ccc(Br)cn23)c2ccccc2C(=O)N1. The number of rotatable bonds is 2. The van der Waals surface area contributed by atoms with Gasteiger partial charge in [0.05, 0.1) is 24.0 Å². The van der Waals surface area contributed by atoms with Gasteiger partial charge in [0.25, 0.3) is 5.91 Å². The first-order chi connectivity index (χ1) is 11.6. The number of hydrogen-bond acceptors (Lipinski definition) is 3. The van der Waals surface area contributed by atoms with E-state index in [1.54, 1.807) is 0 Å². The quantitative estimate of drug-likeness (QED) is 0.737. The summed E-state index contributed by atoms with van der Waals surface area (Å²) in [5, 5.41) is 3.04. The topological polar surface area (TPSA) is 49.6 Å². The minimum atomic E-state index is -0.0125. The third kappa shape index (κ3) is 2.67. The highest BCUT2D eigenvalue weighted by atomic mass is 79.9. The van der Waals surface area contributed by atoms with Crippen LogP contribution in [0, 0.1) is 0 Å². The predicted molar refractivity (Wildman–Crippen MR) is 97.3 cm³/mol. The lowest BCUT2D eigenvalue weighted by Crippen LogP contribution is -2.38. The van der Waals surface area contributed by atoms with Crippen molar-refractivity contribution in [2.75, 3.05) is 11.4 Å². The number of fused-ring (bicyclic) bond motifs is 2. The lowest BCUT2D eigenvalue weighted by Gasteiger charge is -2.25. The van der Waals surface area contributed by atoms with Gasteiger partial charge < -0.3 is 14.6 Å². The molecule has 24 heavy (non-hydrogen) atoms. The van der Waals surface area contributed by atoms with Crippen LogP contribution in [0.5, 0.6) is 0 Å². The summed E-state index contributed by atoms with van der Waals surface area (Å²) >= 11 is 3.52. The number of halogens is 1. The molecule has 1 aromatic carbocycles. The van der Waals surface area contributed by atoms with Crippen LogP contribution in [0.25, 0.3) is 5.65 Å². The van der Waals surface area contributed by atoms with Crippen LogP contribution in [-0.4, -0.2) is 27.9 Å². The molecule has 0 saturated heterocycles. The van der Waals surface area contributed by atoms with E-state index in [4.69, 9.17) is 0 Å². The fourth-order valence-electron chi connectivity index (χ4n) is 3.18. The molecule has 0 bridgehead atoms. The van der Waals surface area contributed by atoms with Crippen molar-refractivity contribution in [3.8, 4) is 0 Å². The molecule has 0 saturated carbocycles. The van der Waals surface area contributed by atoms with Crippen molar-refractivity contribution in [1.82, 2.24) is 14.7 Å². The fraction of sp³-hybridized carbons (Fsp3) is 0.222. The van der Waals surface area contributed by atoms with E-state index in [-0.39, 0.29) is 11.9 Å². The zero-order chi connectivity index (χ0) is 16.7. The van der Waals surface area contributed by atoms with Crippen molar-refractivity contribution >= 4 is 33.2 Å². The van der Waals surface area contributed by atoms with Crippen LogP contribution in [0.15, 0.2) is 53.3 Å². The van der Waals surface area contributed by atoms with E-state index >= 15 is 0 Å². The van der Waals surface area contributed by atoms with Gasteiger partial charge in [-0.25, -0.2) is 4.98 Å². The number of para-hydroxylation sites is 1. The second-order valence-electron chi connectivity index (χ2n) is 6.10. The maximum atomic E-state index is 12.4. The first kappa shape index (κ1) is 15.2. The van der Waals surface area contributed by atoms with E-state index in [1.165, 1.54) is 0 Å². The van der Waals surface area contributed by atoms with Crippen LogP contribution in [0.3, 0.4) is 0 Å². The van der Waals surface area contributed by atoms with Gasteiger partial charge in [0, 0.05) is 28.9 Å². The van der Waals surface area contributed by atoms with Crippen LogP contribution in [0.1, 0.15) is 23.0 Å². The second kappa shape index (κ2) is 5.94. The Morgan fingerprint density at radius 1 is 1.29 bits per heavy atom. The Kier molecular flexibility index (Phi) is 3.76. The fourth-order valence-corrected chi connectivity index (χ4v) is 3.52. The van der Waals surface area contributed by atoms with E-state index in [0.29, 0.717) is 6.54 Å². The van der Waals surface area contributed by atoms with Gasteiger partial charge in [-0.05, 0) is 47.1 Å². The van der Waals surface area contributed by atoms with Gasteiger partial charge in [0.15, 0.2) is 0 Å². The first-order valence-corrected chi connectivity index (χ1v) is 8.67. The van der Waals surface area contributed by atoms with Gasteiger partial charge in [-0.3, -0.25) is 4.79 Å². The van der Waals surface area contributed by atoms with E-state index in [0.717, 1.165) is 33.6 Å². The average molecular weight is 385 g/mol. The third-order valence-corrected chi connectivity index (χ3v) is 4.73. The van der Waals surface area contributed by atoms with Gasteiger partial charge >= 0.3 is 0 Å². The standard InChI is InChI=1S/C18H17BrN4O/c1-12-9-22(16-5-3-2-4-15(16)18(24)21-12)11-14-8-20-17-7-6-13(19)10-23(14)17/h2-8,10,12H,9,11H2,1H3,(H,21,24). The third-order valence-electron chi connectivity index (χ3n) is 4.26. The largest absolute Gasteiger partial charge is 0.363 e. The molecule has 1 atom stereocenters. The van der Waals surface area contributed by atoms with Gasteiger partial charge in [0.1, 0.15) is 5.65 Å². The summed E-state index contributed by atoms with van der Waals surface area (Å²) in [6, 6.07) is 11.8. The number of pyridine rings is 1. The van der Waals surface area contributed by atoms with Crippen LogP contribution in [0.4, 0.5) is 5.69 Å². The monoisotopic (exact) mass is 384 g/mol. The highest BCUT2D eigenvalue weighted by molar-refractivity contribution is 9.10. The normalized spacial score (nSPS) is 17.5. The Bertz CT molecular complexity index is 920. The number of carbonyl (C=O) groups is 1. The molecule has 122 valence electrons. The number of aromatic nitrogens is 2. The first-order valence-electron chi connectivity index (χ1n) is 7.88. The van der Waals surface area contributed by atoms with Gasteiger partial charge in [0.2, 0.25) is 0 Å². The summed E-state index contributed by atoms with van der Waals surface area (Å²) in [7, 11) is 0. The number of benzene rings is 1. The Morgan fingerprint density at radius 2 is 2.12 bits per heavy atom. The molecular formula is C18H17BrN4O. The number of anilines is 1. The van der Waals surface area contributed by atoms with Crippen molar-refractivity contribution < 1.29 is 4.79 Å². The smallest absolute Gasteiger partial charge is 0.253 e. The Balaban J connectivity index is 1.76. The molecule has 5 nitrogen and oxygen atoms in total. The molecule has 4 rings (SSSR count). The zero-order valence-corrected chi connectivity index (χ0v) is 14.8. The van der Waals surface area contributed by atoms with E-state index in [2.05, 4.69) is 35.5 Å². The summed E-state index contributed by atoms with van der Waals surface area (Å²) in [6.07, 6.45) is 3.92. The zero-order valence-electron chi connectivity index (χ0n) is 13.2. The van der Waals surface area contributed by atoms with Crippen molar-refractivity contribution in [1.29, 1.82) is 0 Å². The second-order valence-corrected chi connectivity index (χ2v) is 7.01. The molecule has 1 N–H and O–H groups in total. The highest BCUT2D eigenvalue weighted by Crippen LogP contribution is 2.25. The van der Waals surface area contributed by atoms with Gasteiger partial charge in [-0.2, -0.15) is 0 Å². The minimum absolute atomic E-state index is 0.0125. The van der Waals surface area contributed by atoms with Crippen LogP contribution in [-0.2, 0) is 6.54 Å². The lowest BCUT2D eigenvalue weighted by atomic mass is 10.1. The molecule has 0 fully saturated rings. The molecule has 3 heterocycles. The number of carbonyl (C=O) groups excluding carboxylic acids is 1. The predicted octanol–water partition coefficient (Wildman–Crippen LogP) is 3.24. The Labute approximate surface area is 148 Å². The molecule has 1 unspecified atom stereocenters. The molecule has 3 aromatic rings. The number of hydrogen-bond donors (Lipinski definition) is 1. The molecule has 0 aliphatic carbocycles. The van der Waals surface area contributed by atoms with E-state index < -0.39 is 0 Å². The van der Waals surface area contributed by atoms with Crippen LogP contribution in [0.2, 0.25) is 0 Å². The number of nitrogens with one attached hydrogen (secondary N) is 1. The average Bonchev–Trinajstić information content (AvgIpc) is 2.90. The van der Waals surface area contributed by atoms with Crippen LogP contribution < -0.4 is 10.2 Å². The van der Waals surface area contributed by atoms with Gasteiger partial charge in [-0.1, -0.05) is 12.1 Å². The van der Waals surface area contributed by atoms with Crippen LogP contribution >= 0.6 is 15.9 Å². The van der Waals surface area contributed by atoms with Crippen molar-refractivity contribution in [3.63, 3.8) is 0 Å². The molecule has 1 amide bonds. The maximum Gasteiger partial charge on any atom is 0.253 e. The molecule has 1 aliphatic heterocycles. The number of nitrogens with zero attached hydrogens (tertiary/aromatic N) is 3. The Morgan fingerprint density at radius 3 is 3.00 bits per heavy atom. The lowest BCUT2D eigenvalue weighted by molar-refractivity contribution is 0.0945. The molecule has 0 radical (unpaired) electrons. The summed E-state index contributed by atoms with van der Waals surface area (Å²) in [5.74, 6) is -0.0125. The van der Waals surface area contributed by atoms with Crippen molar-refractivity contribution in [2.24, 2.45) is 0 Å². The summed E-state index contributed by atoms with van der Waals surface area (Å²) in [5.41, 5.74) is 3.68. The van der Waals surface area contributed by atoms with E-state index in [9.17, 15) is 4.79 Å². The Hall–Kier alpha value is -2.34. The molecule has 2 aromatic heterocycles. The highest BCUT2D eigenvalue weighted by Gasteiger charge is 2.24. The van der Waals surface area contributed by atoms with Gasteiger partial charge in [-0.15, -0.1) is 0 Å². The minimum Gasteiger partial charge on any atom is -0.363 e. The summed E-state index contributed by atoms with van der Waals surface area (Å²) in [6.45, 7) is 3.47. The number of amides is 1. The maximum absolute atomic E-state index is 12.4. The molecule has 0 spiro atoms. The van der Waals surface area contributed by atoms with E-state index in [1.807, 2.05) is 55.7 Å². The van der Waals surface area contributed by atoms with Crippen molar-refractivity contribution in [3.05, 3.63) is 64.5 Å². The van der Waals surface area contributed by atoms with Crippen molar-refractivity contribution in [2.45, 2.75) is 19.5 Å². The summed E-state index contributed by atoms with van der Waals surface area (Å²) < 4.78 is 3.09.